The molecule has 5 heteroatoms. The van der Waals surface area contributed by atoms with Gasteiger partial charge in [0.2, 0.25) is 5.91 Å². The fraction of sp³-hybridized carbons (Fsp3) is 0.500. The number of hydrogen-bond acceptors (Lipinski definition) is 3. The molecule has 0 aliphatic heterocycles. The van der Waals surface area contributed by atoms with E-state index < -0.39 is 0 Å². The van der Waals surface area contributed by atoms with E-state index in [0.29, 0.717) is 6.42 Å². The molecule has 0 atom stereocenters. The number of allylic oxidation sites excluding steroid dienone is 1. The van der Waals surface area contributed by atoms with Crippen LogP contribution in [-0.4, -0.2) is 21.8 Å². The van der Waals surface area contributed by atoms with Crippen LogP contribution < -0.4 is 5.32 Å². The van der Waals surface area contributed by atoms with Crippen LogP contribution in [-0.2, 0) is 11.2 Å². The molecule has 0 saturated carbocycles. The van der Waals surface area contributed by atoms with E-state index in [4.69, 9.17) is 0 Å². The summed E-state index contributed by atoms with van der Waals surface area (Å²) in [5.41, 5.74) is 3.70. The Labute approximate surface area is 128 Å². The molecule has 1 N–H and O–H groups in total. The summed E-state index contributed by atoms with van der Waals surface area (Å²) in [7, 11) is 0. The fourth-order valence-electron chi connectivity index (χ4n) is 2.78. The van der Waals surface area contributed by atoms with Crippen molar-refractivity contribution in [3.8, 4) is 0 Å². The van der Waals surface area contributed by atoms with Crippen LogP contribution in [0.25, 0.3) is 4.96 Å². The van der Waals surface area contributed by atoms with Gasteiger partial charge in [0.25, 0.3) is 0 Å². The molecule has 1 aliphatic carbocycles. The van der Waals surface area contributed by atoms with E-state index in [1.807, 2.05) is 13.1 Å². The van der Waals surface area contributed by atoms with Crippen molar-refractivity contribution in [2.24, 2.45) is 0 Å². The lowest BCUT2D eigenvalue weighted by Gasteiger charge is -2.05. The van der Waals surface area contributed by atoms with Crippen molar-refractivity contribution < 1.29 is 4.79 Å². The topological polar surface area (TPSA) is 46.4 Å². The Hall–Kier alpha value is -1.62. The van der Waals surface area contributed by atoms with E-state index >= 15 is 0 Å². The van der Waals surface area contributed by atoms with Crippen molar-refractivity contribution in [1.29, 1.82) is 0 Å². The van der Waals surface area contributed by atoms with Gasteiger partial charge in [-0.3, -0.25) is 9.20 Å². The summed E-state index contributed by atoms with van der Waals surface area (Å²) in [4.78, 5) is 17.3. The van der Waals surface area contributed by atoms with Gasteiger partial charge in [-0.1, -0.05) is 11.6 Å². The second-order valence-corrected chi connectivity index (χ2v) is 6.45. The number of aromatic nitrogens is 2. The molecule has 1 aliphatic rings. The van der Waals surface area contributed by atoms with Gasteiger partial charge in [0.05, 0.1) is 5.69 Å². The molecule has 21 heavy (non-hydrogen) atoms. The van der Waals surface area contributed by atoms with E-state index in [1.54, 1.807) is 11.3 Å². The largest absolute Gasteiger partial charge is 0.356 e. The van der Waals surface area contributed by atoms with Gasteiger partial charge in [0.15, 0.2) is 4.96 Å². The summed E-state index contributed by atoms with van der Waals surface area (Å²) in [6.07, 6.45) is 10.4. The zero-order valence-corrected chi connectivity index (χ0v) is 13.2. The summed E-state index contributed by atoms with van der Waals surface area (Å²) in [6.45, 7) is 2.77. The molecule has 4 nitrogen and oxygen atoms in total. The Morgan fingerprint density at radius 1 is 1.48 bits per heavy atom. The first-order valence-corrected chi connectivity index (χ1v) is 8.47. The average molecular weight is 303 g/mol. The van der Waals surface area contributed by atoms with Crippen molar-refractivity contribution in [1.82, 2.24) is 14.7 Å². The van der Waals surface area contributed by atoms with Crippen LogP contribution >= 0.6 is 11.3 Å². The molecule has 0 unspecified atom stereocenters. The van der Waals surface area contributed by atoms with Gasteiger partial charge >= 0.3 is 0 Å². The molecule has 1 amide bonds. The van der Waals surface area contributed by atoms with Crippen molar-refractivity contribution in [3.05, 3.63) is 34.6 Å². The number of carbonyl (C=O) groups excluding carboxylic acids is 1. The molecule has 2 heterocycles. The van der Waals surface area contributed by atoms with Gasteiger partial charge in [-0.15, -0.1) is 11.3 Å². The van der Waals surface area contributed by atoms with Crippen LogP contribution in [0.1, 0.15) is 43.5 Å². The van der Waals surface area contributed by atoms with Crippen LogP contribution in [0, 0.1) is 6.92 Å². The number of carbonyl (C=O) groups is 1. The minimum absolute atomic E-state index is 0.143. The number of hydrogen-bond donors (Lipinski definition) is 1. The second kappa shape index (κ2) is 6.43. The minimum Gasteiger partial charge on any atom is -0.356 e. The molecule has 2 aromatic heterocycles. The highest BCUT2D eigenvalue weighted by Gasteiger charge is 2.09. The van der Waals surface area contributed by atoms with Crippen molar-refractivity contribution in [2.45, 2.75) is 45.4 Å². The zero-order chi connectivity index (χ0) is 14.7. The Morgan fingerprint density at radius 3 is 3.19 bits per heavy atom. The first-order valence-electron chi connectivity index (χ1n) is 7.59. The Balaban J connectivity index is 1.44. The first kappa shape index (κ1) is 14.3. The van der Waals surface area contributed by atoms with Crippen LogP contribution in [0.3, 0.4) is 0 Å². The van der Waals surface area contributed by atoms with E-state index in [-0.39, 0.29) is 5.91 Å². The molecule has 112 valence electrons. The molecule has 0 saturated heterocycles. The SMILES string of the molecule is Cc1cn2c(CCC(=O)NCCC3=CCCC3)csc2n1. The van der Waals surface area contributed by atoms with Gasteiger partial charge in [-0.2, -0.15) is 0 Å². The third-order valence-corrected chi connectivity index (χ3v) is 4.80. The summed E-state index contributed by atoms with van der Waals surface area (Å²) < 4.78 is 2.09. The summed E-state index contributed by atoms with van der Waals surface area (Å²) in [5, 5.41) is 5.12. The van der Waals surface area contributed by atoms with Crippen molar-refractivity contribution in [3.63, 3.8) is 0 Å². The highest BCUT2D eigenvalue weighted by atomic mass is 32.1. The Bertz CT molecular complexity index is 668. The monoisotopic (exact) mass is 303 g/mol. The summed E-state index contributed by atoms with van der Waals surface area (Å²) in [6, 6.07) is 0. The zero-order valence-electron chi connectivity index (χ0n) is 12.4. The number of aryl methyl sites for hydroxylation is 2. The number of fused-ring (bicyclic) bond motifs is 1. The minimum atomic E-state index is 0.143. The van der Waals surface area contributed by atoms with E-state index in [1.165, 1.54) is 30.5 Å². The van der Waals surface area contributed by atoms with Crippen LogP contribution in [0.5, 0.6) is 0 Å². The van der Waals surface area contributed by atoms with Gasteiger partial charge < -0.3 is 5.32 Å². The average Bonchev–Trinajstić information content (AvgIpc) is 3.14. The highest BCUT2D eigenvalue weighted by molar-refractivity contribution is 7.15. The summed E-state index contributed by atoms with van der Waals surface area (Å²) in [5.74, 6) is 0.143. The molecule has 0 radical (unpaired) electrons. The number of rotatable bonds is 6. The van der Waals surface area contributed by atoms with Gasteiger partial charge in [0, 0.05) is 30.2 Å². The van der Waals surface area contributed by atoms with Gasteiger partial charge in [-0.25, -0.2) is 4.98 Å². The van der Waals surface area contributed by atoms with E-state index in [9.17, 15) is 4.79 Å². The lowest BCUT2D eigenvalue weighted by atomic mass is 10.1. The Kier molecular flexibility index (Phi) is 4.39. The van der Waals surface area contributed by atoms with Crippen LogP contribution in [0.15, 0.2) is 23.2 Å². The number of imidazole rings is 1. The van der Waals surface area contributed by atoms with Crippen LogP contribution in [0.4, 0.5) is 0 Å². The van der Waals surface area contributed by atoms with E-state index in [0.717, 1.165) is 30.0 Å². The lowest BCUT2D eigenvalue weighted by molar-refractivity contribution is -0.121. The van der Waals surface area contributed by atoms with Crippen molar-refractivity contribution >= 4 is 22.2 Å². The fourth-order valence-corrected chi connectivity index (χ4v) is 3.73. The van der Waals surface area contributed by atoms with Crippen LogP contribution in [0.2, 0.25) is 0 Å². The van der Waals surface area contributed by atoms with Crippen molar-refractivity contribution in [2.75, 3.05) is 6.54 Å². The molecular formula is C16H21N3OS. The third kappa shape index (κ3) is 3.53. The standard InChI is InChI=1S/C16H21N3OS/c1-12-10-19-14(11-21-16(19)18-12)6-7-15(20)17-9-8-13-4-2-3-5-13/h4,10-11H,2-3,5-9H2,1H3,(H,17,20). The Morgan fingerprint density at radius 2 is 2.38 bits per heavy atom. The predicted molar refractivity (Wildman–Crippen MR) is 85.7 cm³/mol. The smallest absolute Gasteiger partial charge is 0.220 e. The molecule has 0 bridgehead atoms. The highest BCUT2D eigenvalue weighted by Crippen LogP contribution is 2.20. The second-order valence-electron chi connectivity index (χ2n) is 5.62. The van der Waals surface area contributed by atoms with Gasteiger partial charge in [0.1, 0.15) is 0 Å². The quantitative estimate of drug-likeness (QED) is 0.833. The molecule has 0 fully saturated rings. The molecule has 3 rings (SSSR count). The molecular weight excluding hydrogens is 282 g/mol. The maximum Gasteiger partial charge on any atom is 0.220 e. The molecule has 2 aromatic rings. The number of thiazole rings is 1. The normalized spacial score (nSPS) is 14.6. The van der Waals surface area contributed by atoms with Gasteiger partial charge in [-0.05, 0) is 39.0 Å². The maximum absolute atomic E-state index is 11.9. The number of nitrogens with one attached hydrogen (secondary N) is 1. The number of nitrogens with zero attached hydrogens (tertiary/aromatic N) is 2. The van der Waals surface area contributed by atoms with E-state index in [2.05, 4.69) is 26.2 Å². The third-order valence-electron chi connectivity index (χ3n) is 3.92. The predicted octanol–water partition coefficient (Wildman–Crippen LogP) is 3.25. The molecule has 0 aromatic carbocycles. The lowest BCUT2D eigenvalue weighted by Crippen LogP contribution is -2.25. The maximum atomic E-state index is 11.9. The first-order chi connectivity index (χ1) is 10.2. The number of amides is 1. The summed E-state index contributed by atoms with van der Waals surface area (Å²) >= 11 is 1.63. The molecule has 0 spiro atoms.